The number of likely N-dealkylation sites (N-methyl/N-ethyl adjacent to an activating group) is 1. The highest BCUT2D eigenvalue weighted by Crippen LogP contribution is 2.13. The minimum Gasteiger partial charge on any atom is -0.494 e. The van der Waals surface area contributed by atoms with Crippen molar-refractivity contribution < 1.29 is 9.53 Å². The summed E-state index contributed by atoms with van der Waals surface area (Å²) in [7, 11) is 3.87. The average molecular weight is 287 g/mol. The van der Waals surface area contributed by atoms with Crippen LogP contribution in [0.4, 0.5) is 0 Å². The zero-order valence-corrected chi connectivity index (χ0v) is 12.7. The molecule has 0 amide bonds. The predicted octanol–water partition coefficient (Wildman–Crippen LogP) is 2.13. The molecular weight excluding hydrogens is 266 g/mol. The average Bonchev–Trinajstić information content (AvgIpc) is 2.85. The first-order valence-electron chi connectivity index (χ1n) is 7.01. The molecule has 1 heterocycles. The fourth-order valence-corrected chi connectivity index (χ4v) is 2.09. The molecule has 1 aromatic heterocycles. The number of carbonyl (C=O) groups excluding carboxylic acids is 1. The van der Waals surface area contributed by atoms with Crippen molar-refractivity contribution in [1.82, 2.24) is 14.5 Å². The maximum Gasteiger partial charge on any atom is 0.176 e. The molecule has 0 fully saturated rings. The number of imidazole rings is 1. The molecule has 5 nitrogen and oxygen atoms in total. The Hall–Kier alpha value is -2.14. The van der Waals surface area contributed by atoms with Crippen LogP contribution >= 0.6 is 0 Å². The molecule has 2 aromatic rings. The van der Waals surface area contributed by atoms with Crippen molar-refractivity contribution in [3.8, 4) is 5.75 Å². The summed E-state index contributed by atoms with van der Waals surface area (Å²) in [5, 5.41) is 0. The number of ketones is 1. The molecule has 112 valence electrons. The molecule has 0 bridgehead atoms. The van der Waals surface area contributed by atoms with Crippen molar-refractivity contribution in [2.45, 2.75) is 13.5 Å². The monoisotopic (exact) mass is 287 g/mol. The van der Waals surface area contributed by atoms with Gasteiger partial charge in [-0.3, -0.25) is 9.69 Å². The number of benzene rings is 1. The Morgan fingerprint density at radius 3 is 2.62 bits per heavy atom. The van der Waals surface area contributed by atoms with Crippen LogP contribution in [0.3, 0.4) is 0 Å². The summed E-state index contributed by atoms with van der Waals surface area (Å²) in [5.74, 6) is 1.82. The van der Waals surface area contributed by atoms with Gasteiger partial charge in [0.25, 0.3) is 0 Å². The van der Waals surface area contributed by atoms with Crippen molar-refractivity contribution in [2.24, 2.45) is 7.05 Å². The van der Waals surface area contributed by atoms with Gasteiger partial charge in [-0.05, 0) is 38.2 Å². The zero-order chi connectivity index (χ0) is 15.2. The van der Waals surface area contributed by atoms with Gasteiger partial charge >= 0.3 is 0 Å². The number of nitrogens with zero attached hydrogens (tertiary/aromatic N) is 3. The second kappa shape index (κ2) is 7.04. The first-order chi connectivity index (χ1) is 10.1. The smallest absolute Gasteiger partial charge is 0.176 e. The van der Waals surface area contributed by atoms with Crippen molar-refractivity contribution >= 4 is 5.78 Å². The first-order valence-corrected chi connectivity index (χ1v) is 7.01. The Morgan fingerprint density at radius 2 is 2.05 bits per heavy atom. The highest BCUT2D eigenvalue weighted by atomic mass is 16.5. The molecule has 0 saturated carbocycles. The molecule has 0 atom stereocenters. The van der Waals surface area contributed by atoms with E-state index in [0.29, 0.717) is 25.3 Å². The van der Waals surface area contributed by atoms with Crippen molar-refractivity contribution in [1.29, 1.82) is 0 Å². The Kier molecular flexibility index (Phi) is 5.11. The van der Waals surface area contributed by atoms with Crippen LogP contribution in [0.5, 0.6) is 5.75 Å². The topological polar surface area (TPSA) is 47.4 Å². The second-order valence-corrected chi connectivity index (χ2v) is 5.01. The van der Waals surface area contributed by atoms with Gasteiger partial charge in [0.15, 0.2) is 5.78 Å². The SMILES string of the molecule is CCOc1ccc(C(=O)CN(C)Cc2nccn2C)cc1. The maximum absolute atomic E-state index is 12.2. The van der Waals surface area contributed by atoms with E-state index >= 15 is 0 Å². The first kappa shape index (κ1) is 15.3. The largest absolute Gasteiger partial charge is 0.494 e. The summed E-state index contributed by atoms with van der Waals surface area (Å²) in [5.41, 5.74) is 0.699. The third kappa shape index (κ3) is 4.16. The molecule has 0 spiro atoms. The number of ether oxygens (including phenoxy) is 1. The molecule has 0 aliphatic carbocycles. The van der Waals surface area contributed by atoms with Crippen molar-refractivity contribution in [2.75, 3.05) is 20.2 Å². The second-order valence-electron chi connectivity index (χ2n) is 5.01. The molecule has 0 unspecified atom stereocenters. The summed E-state index contributed by atoms with van der Waals surface area (Å²) in [6.45, 7) is 3.57. The Balaban J connectivity index is 1.92. The summed E-state index contributed by atoms with van der Waals surface area (Å²) >= 11 is 0. The van der Waals surface area contributed by atoms with Gasteiger partial charge < -0.3 is 9.30 Å². The van der Waals surface area contributed by atoms with Gasteiger partial charge in [0.1, 0.15) is 11.6 Å². The lowest BCUT2D eigenvalue weighted by molar-refractivity contribution is 0.0941. The lowest BCUT2D eigenvalue weighted by Crippen LogP contribution is -2.26. The highest BCUT2D eigenvalue weighted by molar-refractivity contribution is 5.97. The molecular formula is C16H21N3O2. The van der Waals surface area contributed by atoms with Crippen LogP contribution in [0.1, 0.15) is 23.1 Å². The minimum atomic E-state index is 0.0924. The standard InChI is InChI=1S/C16H21N3O2/c1-4-21-14-7-5-13(6-8-14)15(20)11-18(2)12-16-17-9-10-19(16)3/h5-10H,4,11-12H2,1-3H3. The lowest BCUT2D eigenvalue weighted by Gasteiger charge is -2.15. The quantitative estimate of drug-likeness (QED) is 0.732. The fraction of sp³-hybridized carbons (Fsp3) is 0.375. The molecule has 2 rings (SSSR count). The molecule has 21 heavy (non-hydrogen) atoms. The van der Waals surface area contributed by atoms with E-state index in [1.165, 1.54) is 0 Å². The van der Waals surface area contributed by atoms with Gasteiger partial charge in [-0.2, -0.15) is 0 Å². The van der Waals surface area contributed by atoms with E-state index in [9.17, 15) is 4.79 Å². The summed E-state index contributed by atoms with van der Waals surface area (Å²) in [6.07, 6.45) is 3.66. The normalized spacial score (nSPS) is 10.9. The van der Waals surface area contributed by atoms with Crippen LogP contribution in [-0.2, 0) is 13.6 Å². The van der Waals surface area contributed by atoms with E-state index in [0.717, 1.165) is 11.6 Å². The lowest BCUT2D eigenvalue weighted by atomic mass is 10.1. The summed E-state index contributed by atoms with van der Waals surface area (Å²) < 4.78 is 7.33. The number of aryl methyl sites for hydroxylation is 1. The molecule has 0 N–H and O–H groups in total. The van der Waals surface area contributed by atoms with Crippen molar-refractivity contribution in [3.05, 3.63) is 48.0 Å². The van der Waals surface area contributed by atoms with E-state index in [-0.39, 0.29) is 5.78 Å². The van der Waals surface area contributed by atoms with Gasteiger partial charge in [-0.15, -0.1) is 0 Å². The maximum atomic E-state index is 12.2. The third-order valence-corrected chi connectivity index (χ3v) is 3.23. The third-order valence-electron chi connectivity index (χ3n) is 3.23. The Bertz CT molecular complexity index is 590. The molecule has 1 aromatic carbocycles. The molecule has 0 radical (unpaired) electrons. The zero-order valence-electron chi connectivity index (χ0n) is 12.7. The number of rotatable bonds is 7. The van der Waals surface area contributed by atoms with E-state index in [4.69, 9.17) is 4.74 Å². The molecule has 0 saturated heterocycles. The minimum absolute atomic E-state index is 0.0924. The number of hydrogen-bond donors (Lipinski definition) is 0. The summed E-state index contributed by atoms with van der Waals surface area (Å²) in [6, 6.07) is 7.27. The van der Waals surface area contributed by atoms with E-state index in [1.807, 2.05) is 60.9 Å². The van der Waals surface area contributed by atoms with Crippen LogP contribution in [0, 0.1) is 0 Å². The van der Waals surface area contributed by atoms with E-state index in [1.54, 1.807) is 6.20 Å². The van der Waals surface area contributed by atoms with Crippen LogP contribution in [-0.4, -0.2) is 40.4 Å². The molecule has 0 aliphatic heterocycles. The number of carbonyl (C=O) groups is 1. The van der Waals surface area contributed by atoms with Crippen molar-refractivity contribution in [3.63, 3.8) is 0 Å². The van der Waals surface area contributed by atoms with Crippen LogP contribution < -0.4 is 4.74 Å². The van der Waals surface area contributed by atoms with Gasteiger partial charge in [-0.1, -0.05) is 0 Å². The van der Waals surface area contributed by atoms with Gasteiger partial charge in [0.2, 0.25) is 0 Å². The molecule has 0 aliphatic rings. The van der Waals surface area contributed by atoms with E-state index < -0.39 is 0 Å². The van der Waals surface area contributed by atoms with Gasteiger partial charge in [-0.25, -0.2) is 4.98 Å². The highest BCUT2D eigenvalue weighted by Gasteiger charge is 2.11. The predicted molar refractivity (Wildman–Crippen MR) is 81.5 cm³/mol. The number of Topliss-reactive ketones (excluding diaryl/α,β-unsaturated/α-hetero) is 1. The van der Waals surface area contributed by atoms with E-state index in [2.05, 4.69) is 4.98 Å². The number of hydrogen-bond acceptors (Lipinski definition) is 4. The Labute approximate surface area is 125 Å². The number of aromatic nitrogens is 2. The Morgan fingerprint density at radius 1 is 1.33 bits per heavy atom. The molecule has 5 heteroatoms. The fourth-order valence-electron chi connectivity index (χ4n) is 2.09. The van der Waals surface area contributed by atoms with Crippen LogP contribution in [0.25, 0.3) is 0 Å². The van der Waals surface area contributed by atoms with Crippen LogP contribution in [0.15, 0.2) is 36.7 Å². The van der Waals surface area contributed by atoms with Gasteiger partial charge in [0.05, 0.1) is 19.7 Å². The van der Waals surface area contributed by atoms with Crippen LogP contribution in [0.2, 0.25) is 0 Å². The van der Waals surface area contributed by atoms with Gasteiger partial charge in [0, 0.05) is 25.0 Å². The summed E-state index contributed by atoms with van der Waals surface area (Å²) in [4.78, 5) is 18.4.